The van der Waals surface area contributed by atoms with E-state index in [1.165, 1.54) is 18.4 Å². The molecule has 1 aromatic carbocycles. The van der Waals surface area contributed by atoms with Crippen molar-refractivity contribution in [3.05, 3.63) is 35.4 Å². The molecule has 0 aliphatic heterocycles. The van der Waals surface area contributed by atoms with Crippen LogP contribution < -0.4 is 5.32 Å². The van der Waals surface area contributed by atoms with Crippen molar-refractivity contribution in [3.8, 4) is 0 Å². The van der Waals surface area contributed by atoms with Crippen molar-refractivity contribution in [1.82, 2.24) is 5.32 Å². The van der Waals surface area contributed by atoms with E-state index in [-0.39, 0.29) is 12.1 Å². The van der Waals surface area contributed by atoms with Gasteiger partial charge < -0.3 is 10.4 Å². The van der Waals surface area contributed by atoms with Crippen LogP contribution in [0.25, 0.3) is 0 Å². The molecule has 1 fully saturated rings. The highest BCUT2D eigenvalue weighted by atomic mass is 16.3. The van der Waals surface area contributed by atoms with Gasteiger partial charge in [0.1, 0.15) is 0 Å². The molecule has 88 valence electrons. The van der Waals surface area contributed by atoms with E-state index in [0.717, 1.165) is 18.0 Å². The maximum absolute atomic E-state index is 8.95. The van der Waals surface area contributed by atoms with Crippen molar-refractivity contribution in [2.45, 2.75) is 45.4 Å². The molecule has 1 aliphatic carbocycles. The van der Waals surface area contributed by atoms with Gasteiger partial charge in [0, 0.05) is 12.1 Å². The lowest BCUT2D eigenvalue weighted by Gasteiger charge is -2.26. The summed E-state index contributed by atoms with van der Waals surface area (Å²) >= 11 is 0. The van der Waals surface area contributed by atoms with Crippen LogP contribution in [0.2, 0.25) is 0 Å². The largest absolute Gasteiger partial charge is 0.392 e. The first-order chi connectivity index (χ1) is 7.62. The average Bonchev–Trinajstić information content (AvgIpc) is 3.11. The van der Waals surface area contributed by atoms with E-state index in [2.05, 4.69) is 31.3 Å². The predicted molar refractivity (Wildman–Crippen MR) is 66.0 cm³/mol. The molecule has 0 atom stereocenters. The van der Waals surface area contributed by atoms with Gasteiger partial charge in [-0.3, -0.25) is 0 Å². The highest BCUT2D eigenvalue weighted by Crippen LogP contribution is 2.39. The van der Waals surface area contributed by atoms with Gasteiger partial charge in [0.25, 0.3) is 0 Å². The van der Waals surface area contributed by atoms with Gasteiger partial charge in [-0.05, 0) is 43.7 Å². The normalized spacial score (nSPS) is 16.4. The molecule has 2 N–H and O–H groups in total. The van der Waals surface area contributed by atoms with Crippen LogP contribution >= 0.6 is 0 Å². The SMILES string of the molecule is CC(C)(NCc1ccc(CO)cc1)C1CC1. The second kappa shape index (κ2) is 4.56. The summed E-state index contributed by atoms with van der Waals surface area (Å²) in [7, 11) is 0. The molecule has 1 saturated carbocycles. The number of aliphatic hydroxyl groups excluding tert-OH is 1. The average molecular weight is 219 g/mol. The lowest BCUT2D eigenvalue weighted by Crippen LogP contribution is -2.40. The summed E-state index contributed by atoms with van der Waals surface area (Å²) in [5.74, 6) is 0.851. The van der Waals surface area contributed by atoms with Crippen LogP contribution in [0.5, 0.6) is 0 Å². The Kier molecular flexibility index (Phi) is 3.31. The van der Waals surface area contributed by atoms with Crippen LogP contribution in [-0.4, -0.2) is 10.6 Å². The first-order valence-electron chi connectivity index (χ1n) is 6.05. The van der Waals surface area contributed by atoms with E-state index in [4.69, 9.17) is 5.11 Å². The summed E-state index contributed by atoms with van der Waals surface area (Å²) in [5.41, 5.74) is 2.52. The number of nitrogens with one attached hydrogen (secondary N) is 1. The number of hydrogen-bond acceptors (Lipinski definition) is 2. The third-order valence-corrected chi connectivity index (χ3v) is 3.55. The van der Waals surface area contributed by atoms with Crippen molar-refractivity contribution in [3.63, 3.8) is 0 Å². The summed E-state index contributed by atoms with van der Waals surface area (Å²) in [5, 5.41) is 12.6. The molecule has 0 heterocycles. The van der Waals surface area contributed by atoms with Crippen LogP contribution in [0.4, 0.5) is 0 Å². The third kappa shape index (κ3) is 2.83. The van der Waals surface area contributed by atoms with E-state index in [1.807, 2.05) is 12.1 Å². The number of hydrogen-bond donors (Lipinski definition) is 2. The fourth-order valence-corrected chi connectivity index (χ4v) is 2.04. The van der Waals surface area contributed by atoms with E-state index < -0.39 is 0 Å². The van der Waals surface area contributed by atoms with Gasteiger partial charge in [0.15, 0.2) is 0 Å². The van der Waals surface area contributed by atoms with Crippen LogP contribution in [-0.2, 0) is 13.2 Å². The highest BCUT2D eigenvalue weighted by Gasteiger charge is 2.36. The number of aliphatic hydroxyl groups is 1. The molecule has 1 aliphatic rings. The summed E-state index contributed by atoms with van der Waals surface area (Å²) in [6, 6.07) is 8.14. The maximum atomic E-state index is 8.95. The Hall–Kier alpha value is -0.860. The Morgan fingerprint density at radius 1 is 1.19 bits per heavy atom. The maximum Gasteiger partial charge on any atom is 0.0681 e. The highest BCUT2D eigenvalue weighted by molar-refractivity contribution is 5.22. The van der Waals surface area contributed by atoms with Crippen molar-refractivity contribution in [1.29, 1.82) is 0 Å². The Labute approximate surface area is 97.7 Å². The second-order valence-corrected chi connectivity index (χ2v) is 5.32. The summed E-state index contributed by atoms with van der Waals surface area (Å²) in [6.45, 7) is 5.61. The molecule has 1 aromatic rings. The molecule has 0 amide bonds. The minimum atomic E-state index is 0.126. The Balaban J connectivity index is 1.88. The smallest absolute Gasteiger partial charge is 0.0681 e. The fourth-order valence-electron chi connectivity index (χ4n) is 2.04. The van der Waals surface area contributed by atoms with Gasteiger partial charge in [0.05, 0.1) is 6.61 Å². The minimum absolute atomic E-state index is 0.126. The lowest BCUT2D eigenvalue weighted by molar-refractivity contribution is 0.282. The Morgan fingerprint density at radius 3 is 2.25 bits per heavy atom. The summed E-state index contributed by atoms with van der Waals surface area (Å²) in [4.78, 5) is 0. The topological polar surface area (TPSA) is 32.3 Å². The van der Waals surface area contributed by atoms with Gasteiger partial charge in [0.2, 0.25) is 0 Å². The van der Waals surface area contributed by atoms with Crippen molar-refractivity contribution < 1.29 is 5.11 Å². The van der Waals surface area contributed by atoms with Crippen LogP contribution in [0.15, 0.2) is 24.3 Å². The standard InChI is InChI=1S/C14H21NO/c1-14(2,13-7-8-13)15-9-11-3-5-12(10-16)6-4-11/h3-6,13,15-16H,7-10H2,1-2H3. The van der Waals surface area contributed by atoms with Crippen LogP contribution in [0, 0.1) is 5.92 Å². The first kappa shape index (κ1) is 11.6. The molecule has 2 nitrogen and oxygen atoms in total. The molecule has 0 aromatic heterocycles. The predicted octanol–water partition coefficient (Wildman–Crippen LogP) is 2.46. The van der Waals surface area contributed by atoms with E-state index in [0.29, 0.717) is 0 Å². The van der Waals surface area contributed by atoms with Gasteiger partial charge >= 0.3 is 0 Å². The zero-order chi connectivity index (χ0) is 11.6. The zero-order valence-corrected chi connectivity index (χ0v) is 10.2. The van der Waals surface area contributed by atoms with Gasteiger partial charge in [-0.1, -0.05) is 24.3 Å². The third-order valence-electron chi connectivity index (χ3n) is 3.55. The zero-order valence-electron chi connectivity index (χ0n) is 10.2. The van der Waals surface area contributed by atoms with Gasteiger partial charge in [-0.15, -0.1) is 0 Å². The molecule has 0 spiro atoms. The van der Waals surface area contributed by atoms with E-state index >= 15 is 0 Å². The first-order valence-corrected chi connectivity index (χ1v) is 6.05. The Bertz CT molecular complexity index is 338. The summed E-state index contributed by atoms with van der Waals surface area (Å²) in [6.07, 6.45) is 2.73. The molecule has 0 radical (unpaired) electrons. The van der Waals surface area contributed by atoms with E-state index in [1.54, 1.807) is 0 Å². The van der Waals surface area contributed by atoms with Crippen molar-refractivity contribution in [2.24, 2.45) is 5.92 Å². The fraction of sp³-hybridized carbons (Fsp3) is 0.571. The molecule has 0 unspecified atom stereocenters. The van der Waals surface area contributed by atoms with Crippen LogP contribution in [0.3, 0.4) is 0 Å². The van der Waals surface area contributed by atoms with Gasteiger partial charge in [-0.25, -0.2) is 0 Å². The quantitative estimate of drug-likeness (QED) is 0.797. The van der Waals surface area contributed by atoms with E-state index in [9.17, 15) is 0 Å². The monoisotopic (exact) mass is 219 g/mol. The van der Waals surface area contributed by atoms with Crippen molar-refractivity contribution >= 4 is 0 Å². The lowest BCUT2D eigenvalue weighted by atomic mass is 9.98. The molecular formula is C14H21NO. The molecule has 0 bridgehead atoms. The second-order valence-electron chi connectivity index (χ2n) is 5.32. The molecule has 0 saturated heterocycles. The van der Waals surface area contributed by atoms with Gasteiger partial charge in [-0.2, -0.15) is 0 Å². The molecular weight excluding hydrogens is 198 g/mol. The number of rotatable bonds is 5. The summed E-state index contributed by atoms with van der Waals surface area (Å²) < 4.78 is 0. The molecule has 2 heteroatoms. The van der Waals surface area contributed by atoms with Crippen LogP contribution in [0.1, 0.15) is 37.8 Å². The van der Waals surface area contributed by atoms with Crippen molar-refractivity contribution in [2.75, 3.05) is 0 Å². The minimum Gasteiger partial charge on any atom is -0.392 e. The molecule has 16 heavy (non-hydrogen) atoms. The number of benzene rings is 1. The molecule has 2 rings (SSSR count). The Morgan fingerprint density at radius 2 is 1.75 bits per heavy atom.